The van der Waals surface area contributed by atoms with E-state index in [1.165, 1.54) is 6.33 Å². The summed E-state index contributed by atoms with van der Waals surface area (Å²) < 4.78 is 11.3. The fourth-order valence-corrected chi connectivity index (χ4v) is 2.47. The molecule has 5 nitrogen and oxygen atoms in total. The Balaban J connectivity index is 2.07. The first-order valence-corrected chi connectivity index (χ1v) is 7.26. The molecule has 1 aliphatic rings. The van der Waals surface area contributed by atoms with Gasteiger partial charge < -0.3 is 14.5 Å². The first kappa shape index (κ1) is 13.7. The number of nitrogens with zero attached hydrogens (tertiary/aromatic N) is 1. The lowest BCUT2D eigenvalue weighted by Crippen LogP contribution is -2.14. The van der Waals surface area contributed by atoms with Crippen molar-refractivity contribution in [1.82, 2.24) is 9.97 Å². The summed E-state index contributed by atoms with van der Waals surface area (Å²) in [6, 6.07) is 5.71. The second-order valence-electron chi connectivity index (χ2n) is 5.02. The summed E-state index contributed by atoms with van der Waals surface area (Å²) in [5.41, 5.74) is 2.24. The summed E-state index contributed by atoms with van der Waals surface area (Å²) in [6.45, 7) is 3.35. The van der Waals surface area contributed by atoms with Crippen LogP contribution in [0.25, 0.3) is 11.3 Å². The molecule has 0 radical (unpaired) electrons. The van der Waals surface area contributed by atoms with Crippen molar-refractivity contribution >= 4 is 0 Å². The van der Waals surface area contributed by atoms with E-state index in [2.05, 4.69) is 9.97 Å². The Morgan fingerprint density at radius 3 is 2.86 bits per heavy atom. The summed E-state index contributed by atoms with van der Waals surface area (Å²) in [4.78, 5) is 19.0. The van der Waals surface area contributed by atoms with Crippen LogP contribution in [0.5, 0.6) is 11.5 Å². The number of H-pyrrole nitrogens is 1. The van der Waals surface area contributed by atoms with Crippen molar-refractivity contribution in [3.63, 3.8) is 0 Å². The summed E-state index contributed by atoms with van der Waals surface area (Å²) in [5.74, 6) is 1.47. The van der Waals surface area contributed by atoms with Gasteiger partial charge in [-0.1, -0.05) is 13.3 Å². The van der Waals surface area contributed by atoms with E-state index in [1.807, 2.05) is 25.1 Å². The molecule has 21 heavy (non-hydrogen) atoms. The first-order valence-electron chi connectivity index (χ1n) is 7.26. The molecule has 0 spiro atoms. The number of aromatic amines is 1. The fraction of sp³-hybridized carbons (Fsp3) is 0.375. The lowest BCUT2D eigenvalue weighted by atomic mass is 10.0. The van der Waals surface area contributed by atoms with Crippen molar-refractivity contribution in [2.75, 3.05) is 13.2 Å². The van der Waals surface area contributed by atoms with Crippen molar-refractivity contribution < 1.29 is 9.47 Å². The number of benzene rings is 1. The normalized spacial score (nSPS) is 13.8. The van der Waals surface area contributed by atoms with Gasteiger partial charge in [-0.25, -0.2) is 4.98 Å². The van der Waals surface area contributed by atoms with Crippen molar-refractivity contribution in [2.24, 2.45) is 0 Å². The van der Waals surface area contributed by atoms with E-state index in [4.69, 9.17) is 9.47 Å². The minimum atomic E-state index is -0.0750. The van der Waals surface area contributed by atoms with E-state index < -0.39 is 0 Å². The monoisotopic (exact) mass is 286 g/mol. The third kappa shape index (κ3) is 2.77. The molecule has 0 fully saturated rings. The van der Waals surface area contributed by atoms with E-state index in [1.54, 1.807) is 0 Å². The molecule has 0 atom stereocenters. The molecular weight excluding hydrogens is 268 g/mol. The molecule has 1 N–H and O–H groups in total. The van der Waals surface area contributed by atoms with E-state index >= 15 is 0 Å². The van der Waals surface area contributed by atoms with Gasteiger partial charge in [-0.15, -0.1) is 0 Å². The van der Waals surface area contributed by atoms with Gasteiger partial charge in [0.05, 0.1) is 25.2 Å². The van der Waals surface area contributed by atoms with Crippen LogP contribution in [0, 0.1) is 0 Å². The van der Waals surface area contributed by atoms with Crippen LogP contribution in [-0.4, -0.2) is 23.2 Å². The Kier molecular flexibility index (Phi) is 3.90. The van der Waals surface area contributed by atoms with E-state index in [0.717, 1.165) is 41.2 Å². The zero-order chi connectivity index (χ0) is 14.7. The molecule has 2 aromatic rings. The highest BCUT2D eigenvalue weighted by molar-refractivity contribution is 5.66. The van der Waals surface area contributed by atoms with Crippen LogP contribution < -0.4 is 15.0 Å². The minimum absolute atomic E-state index is 0.0750. The topological polar surface area (TPSA) is 64.2 Å². The van der Waals surface area contributed by atoms with Crippen LogP contribution in [0.15, 0.2) is 29.3 Å². The molecule has 0 aliphatic carbocycles. The summed E-state index contributed by atoms with van der Waals surface area (Å²) in [7, 11) is 0. The predicted molar refractivity (Wildman–Crippen MR) is 79.9 cm³/mol. The molecule has 5 heteroatoms. The maximum Gasteiger partial charge on any atom is 0.254 e. The number of hydrogen-bond acceptors (Lipinski definition) is 4. The molecule has 1 aliphatic heterocycles. The number of rotatable bonds is 3. The van der Waals surface area contributed by atoms with Crippen LogP contribution in [0.4, 0.5) is 0 Å². The van der Waals surface area contributed by atoms with Crippen molar-refractivity contribution in [2.45, 2.75) is 26.2 Å². The summed E-state index contributed by atoms with van der Waals surface area (Å²) in [5, 5.41) is 0. The Labute approximate surface area is 123 Å². The molecular formula is C16H18N2O3. The van der Waals surface area contributed by atoms with Gasteiger partial charge in [0.15, 0.2) is 11.5 Å². The van der Waals surface area contributed by atoms with Crippen molar-refractivity contribution in [3.05, 3.63) is 40.4 Å². The fourth-order valence-electron chi connectivity index (χ4n) is 2.47. The quantitative estimate of drug-likeness (QED) is 0.941. The number of fused-ring (bicyclic) bond motifs is 1. The molecule has 0 unspecified atom stereocenters. The van der Waals surface area contributed by atoms with Gasteiger partial charge in [0, 0.05) is 17.5 Å². The molecule has 1 aromatic carbocycles. The zero-order valence-corrected chi connectivity index (χ0v) is 12.0. The van der Waals surface area contributed by atoms with Crippen LogP contribution in [0.1, 0.15) is 25.3 Å². The lowest BCUT2D eigenvalue weighted by molar-refractivity contribution is 0.297. The molecule has 0 saturated carbocycles. The van der Waals surface area contributed by atoms with Crippen LogP contribution in [0.2, 0.25) is 0 Å². The van der Waals surface area contributed by atoms with Crippen LogP contribution in [-0.2, 0) is 6.42 Å². The SMILES string of the molecule is CCCc1c(-c2ccc3c(c2)OCCCO3)nc[nH]c1=O. The number of ether oxygens (including phenoxy) is 2. The van der Waals surface area contributed by atoms with Crippen LogP contribution in [0.3, 0.4) is 0 Å². The second-order valence-corrected chi connectivity index (χ2v) is 5.02. The largest absolute Gasteiger partial charge is 0.490 e. The van der Waals surface area contributed by atoms with Gasteiger partial charge in [0.2, 0.25) is 0 Å². The highest BCUT2D eigenvalue weighted by Crippen LogP contribution is 2.34. The molecule has 110 valence electrons. The van der Waals surface area contributed by atoms with Crippen molar-refractivity contribution in [1.29, 1.82) is 0 Å². The molecule has 2 heterocycles. The smallest absolute Gasteiger partial charge is 0.254 e. The van der Waals surface area contributed by atoms with Crippen LogP contribution >= 0.6 is 0 Å². The Hall–Kier alpha value is -2.30. The molecule has 0 bridgehead atoms. The van der Waals surface area contributed by atoms with E-state index in [-0.39, 0.29) is 5.56 Å². The van der Waals surface area contributed by atoms with Gasteiger partial charge in [-0.05, 0) is 24.6 Å². The van der Waals surface area contributed by atoms with Gasteiger partial charge in [0.25, 0.3) is 5.56 Å². The minimum Gasteiger partial charge on any atom is -0.490 e. The Morgan fingerprint density at radius 1 is 1.24 bits per heavy atom. The van der Waals surface area contributed by atoms with E-state index in [0.29, 0.717) is 19.6 Å². The summed E-state index contributed by atoms with van der Waals surface area (Å²) >= 11 is 0. The summed E-state index contributed by atoms with van der Waals surface area (Å²) in [6.07, 6.45) is 3.91. The third-order valence-electron chi connectivity index (χ3n) is 3.47. The average molecular weight is 286 g/mol. The highest BCUT2D eigenvalue weighted by atomic mass is 16.5. The highest BCUT2D eigenvalue weighted by Gasteiger charge is 2.15. The Bertz CT molecular complexity index is 694. The Morgan fingerprint density at radius 2 is 2.05 bits per heavy atom. The maximum atomic E-state index is 12.0. The second kappa shape index (κ2) is 5.99. The molecule has 0 saturated heterocycles. The van der Waals surface area contributed by atoms with E-state index in [9.17, 15) is 4.79 Å². The average Bonchev–Trinajstić information content (AvgIpc) is 2.74. The zero-order valence-electron chi connectivity index (χ0n) is 12.0. The number of aromatic nitrogens is 2. The molecule has 0 amide bonds. The molecule has 3 rings (SSSR count). The third-order valence-corrected chi connectivity index (χ3v) is 3.47. The van der Waals surface area contributed by atoms with Gasteiger partial charge in [-0.2, -0.15) is 0 Å². The van der Waals surface area contributed by atoms with Gasteiger partial charge in [-0.3, -0.25) is 4.79 Å². The van der Waals surface area contributed by atoms with Gasteiger partial charge >= 0.3 is 0 Å². The molecule has 1 aromatic heterocycles. The maximum absolute atomic E-state index is 12.0. The standard InChI is InChI=1S/C16H18N2O3/c1-2-4-12-15(17-10-18-16(12)19)11-5-6-13-14(9-11)21-8-3-7-20-13/h5-6,9-10H,2-4,7-8H2,1H3,(H,17,18,19). The number of nitrogens with one attached hydrogen (secondary N) is 1. The first-order chi connectivity index (χ1) is 10.3. The predicted octanol–water partition coefficient (Wildman–Crippen LogP) is 2.55. The van der Waals surface area contributed by atoms with Crippen molar-refractivity contribution in [3.8, 4) is 22.8 Å². The van der Waals surface area contributed by atoms with Gasteiger partial charge in [0.1, 0.15) is 0 Å². The lowest BCUT2D eigenvalue weighted by Gasteiger charge is -2.11. The number of hydrogen-bond donors (Lipinski definition) is 1.